The molecule has 6 nitrogen and oxygen atoms in total. The molecule has 0 N–H and O–H groups in total. The monoisotopic (exact) mass is 1490 g/mol. The first kappa shape index (κ1) is 56.6. The summed E-state index contributed by atoms with van der Waals surface area (Å²) >= 11 is -1.21. The third kappa shape index (κ3) is 8.40. The Morgan fingerprint density at radius 2 is 0.571 bits per heavy atom. The molecule has 98 heavy (non-hydrogen) atoms. The number of allylic oxidation sites excluding steroid dienone is 8. The van der Waals surface area contributed by atoms with E-state index in [2.05, 4.69) is 285 Å². The van der Waals surface area contributed by atoms with Crippen molar-refractivity contribution in [2.24, 2.45) is 11.8 Å². The van der Waals surface area contributed by atoms with E-state index in [0.717, 1.165) is 36.8 Å². The molecule has 462 valence electrons. The standard InChI is InChI=1S/2C45H29N2OTe/c48-45-33-15-5-10-20-43(33)49-44-26-28-24-35-34(23-27(28)25-36(44)45)41(46-37-16-6-1-11-29(37)30-12-2-7-17-38(30)46)21-22-42(35)47-39-18-8-3-13-31(39)32-14-4-9-19-40(32)47;48-45-34-15-5-10-20-42(34)49-43-26-28-23-27-21-22-41(46-37-16-6-1-11-30(37)31-12-2-7-17-38(31)46)44(35(27)24-29(28)25-36(43)45)47-39-18-8-3-13-32(39)33-14-4-9-19-40(33)47/h2*1-22,25-26,36H,23-24H2. The zero-order chi connectivity index (χ0) is 64.4. The van der Waals surface area contributed by atoms with E-state index < -0.39 is 40.9 Å². The number of hydrogen-bond donors (Lipinski definition) is 0. The van der Waals surface area contributed by atoms with Crippen molar-refractivity contribution in [3.63, 3.8) is 0 Å². The minimum atomic E-state index is -0.623. The van der Waals surface area contributed by atoms with Crippen LogP contribution in [-0.2, 0) is 25.7 Å². The van der Waals surface area contributed by atoms with Crippen LogP contribution in [0.3, 0.4) is 0 Å². The van der Waals surface area contributed by atoms with Gasteiger partial charge in [0.15, 0.2) is 0 Å². The van der Waals surface area contributed by atoms with Gasteiger partial charge in [0.1, 0.15) is 0 Å². The van der Waals surface area contributed by atoms with Crippen LogP contribution in [0.1, 0.15) is 43.0 Å². The van der Waals surface area contributed by atoms with E-state index in [9.17, 15) is 9.59 Å². The molecule has 4 aliphatic carbocycles. The van der Waals surface area contributed by atoms with Gasteiger partial charge in [0.25, 0.3) is 0 Å². The van der Waals surface area contributed by atoms with Gasteiger partial charge in [-0.15, -0.1) is 0 Å². The van der Waals surface area contributed by atoms with Crippen molar-refractivity contribution in [1.82, 2.24) is 18.3 Å². The Balaban J connectivity index is 0.000000129. The fourth-order valence-corrected chi connectivity index (χ4v) is 24.0. The Bertz CT molecular complexity index is 6270. The molecule has 0 fully saturated rings. The predicted octanol–water partition coefficient (Wildman–Crippen LogP) is 17.7. The van der Waals surface area contributed by atoms with E-state index in [-0.39, 0.29) is 23.4 Å². The number of nitrogens with zero attached hydrogens (tertiary/aromatic N) is 4. The van der Waals surface area contributed by atoms with Gasteiger partial charge < -0.3 is 0 Å². The number of Topliss-reactive ketones (excluding diaryl/α,β-unsaturated/α-hetero) is 2. The molecule has 2 atom stereocenters. The summed E-state index contributed by atoms with van der Waals surface area (Å²) in [5.41, 5.74) is 27.2. The maximum absolute atomic E-state index is 13.9. The Morgan fingerprint density at radius 1 is 0.276 bits per heavy atom. The molecule has 0 saturated heterocycles. The molecule has 2 radical (unpaired) electrons. The Kier molecular flexibility index (Phi) is 12.7. The molecule has 2 unspecified atom stereocenters. The SMILES string of the molecule is O=C1c2ccccc2[Te]=C2C=C3Cc4c(-n5c6ccccc6c6ccccc65)ccc(-n5c6ccccc6c6ccccc65)c4CC3=CC12.O=C1c2ccccc2[Te]=C2C=C3Cc4ccc(-n5c6ccccc6c6ccccc65)c(-n5c6ccccc6c6ccccc65)c4CC3=CC12. The number of aromatic nitrogens is 4. The molecule has 0 saturated carbocycles. The van der Waals surface area contributed by atoms with E-state index in [0.29, 0.717) is 0 Å². The molecule has 6 aliphatic rings. The average Bonchev–Trinajstić information content (AvgIpc) is 1.41. The number of para-hydroxylation sites is 8. The number of rotatable bonds is 4. The Labute approximate surface area is 584 Å². The first-order chi connectivity index (χ1) is 48.5. The first-order valence-corrected chi connectivity index (χ1v) is 38.5. The van der Waals surface area contributed by atoms with E-state index in [4.69, 9.17) is 0 Å². The number of carbonyl (C=O) groups excluding carboxylic acids is 2. The molecule has 8 heteroatoms. The van der Waals surface area contributed by atoms with Crippen molar-refractivity contribution in [2.75, 3.05) is 0 Å². The second kappa shape index (κ2) is 22.0. The zero-order valence-corrected chi connectivity index (χ0v) is 57.8. The van der Waals surface area contributed by atoms with Crippen molar-refractivity contribution < 1.29 is 9.59 Å². The van der Waals surface area contributed by atoms with Crippen LogP contribution in [0.15, 0.2) is 314 Å². The van der Waals surface area contributed by atoms with E-state index >= 15 is 0 Å². The number of ketones is 2. The predicted molar refractivity (Wildman–Crippen MR) is 407 cm³/mol. The quantitative estimate of drug-likeness (QED) is 0.165. The summed E-state index contributed by atoms with van der Waals surface area (Å²) in [4.78, 5) is 27.8. The molecule has 22 rings (SSSR count). The van der Waals surface area contributed by atoms with Crippen LogP contribution in [0.4, 0.5) is 0 Å². The van der Waals surface area contributed by atoms with Gasteiger partial charge in [-0.2, -0.15) is 0 Å². The van der Waals surface area contributed by atoms with Crippen molar-refractivity contribution in [3.8, 4) is 22.7 Å². The second-order valence-corrected chi connectivity index (χ2v) is 33.1. The van der Waals surface area contributed by atoms with Gasteiger partial charge in [0.05, 0.1) is 0 Å². The van der Waals surface area contributed by atoms with E-state index in [1.165, 1.54) is 169 Å². The number of carbonyl (C=O) groups is 2. The fourth-order valence-electron chi connectivity index (χ4n) is 17.3. The summed E-state index contributed by atoms with van der Waals surface area (Å²) in [6.45, 7) is 0. The molecule has 2 aliphatic heterocycles. The van der Waals surface area contributed by atoms with E-state index in [1.807, 2.05) is 24.3 Å². The maximum atomic E-state index is 13.9. The summed E-state index contributed by atoms with van der Waals surface area (Å²) in [5, 5.41) is 10.1. The van der Waals surface area contributed by atoms with Gasteiger partial charge in [-0.25, -0.2) is 0 Å². The second-order valence-electron chi connectivity index (χ2n) is 26.7. The summed E-state index contributed by atoms with van der Waals surface area (Å²) in [6, 6.07) is 96.4. The molecular weight excluding hydrogens is 1420 g/mol. The van der Waals surface area contributed by atoms with Gasteiger partial charge in [0.2, 0.25) is 0 Å². The van der Waals surface area contributed by atoms with Crippen LogP contribution < -0.4 is 7.22 Å². The van der Waals surface area contributed by atoms with Crippen LogP contribution in [0, 0.1) is 11.8 Å². The van der Waals surface area contributed by atoms with Crippen LogP contribution >= 0.6 is 0 Å². The molecule has 0 amide bonds. The molecule has 0 spiro atoms. The van der Waals surface area contributed by atoms with Crippen molar-refractivity contribution in [1.29, 1.82) is 0 Å². The normalized spacial score (nSPS) is 16.6. The van der Waals surface area contributed by atoms with Crippen LogP contribution in [0.2, 0.25) is 0 Å². The van der Waals surface area contributed by atoms with Gasteiger partial charge in [-0.3, -0.25) is 0 Å². The summed E-state index contributed by atoms with van der Waals surface area (Å²) in [6.07, 6.45) is 12.8. The fraction of sp³-hybridized carbons (Fsp3) is 0.0667. The Hall–Kier alpha value is -10.5. The molecule has 12 aromatic carbocycles. The summed E-state index contributed by atoms with van der Waals surface area (Å²) in [7, 11) is 0. The van der Waals surface area contributed by atoms with Crippen LogP contribution in [-0.4, -0.2) is 77.8 Å². The molecule has 16 aromatic rings. The zero-order valence-electron chi connectivity index (χ0n) is 53.1. The third-order valence-corrected chi connectivity index (χ3v) is 28.4. The van der Waals surface area contributed by atoms with Crippen molar-refractivity contribution in [2.45, 2.75) is 25.7 Å². The van der Waals surface area contributed by atoms with Crippen LogP contribution in [0.5, 0.6) is 0 Å². The molecule has 4 aromatic heterocycles. The number of fused-ring (bicyclic) bond motifs is 20. The summed E-state index contributed by atoms with van der Waals surface area (Å²) in [5.74, 6) is 0.263. The van der Waals surface area contributed by atoms with Gasteiger partial charge in [0, 0.05) is 0 Å². The van der Waals surface area contributed by atoms with E-state index in [1.54, 1.807) is 0 Å². The Morgan fingerprint density at radius 3 is 0.959 bits per heavy atom. The molecule has 0 bridgehead atoms. The minimum absolute atomic E-state index is 0.130. The number of hydrogen-bond acceptors (Lipinski definition) is 2. The van der Waals surface area contributed by atoms with Crippen LogP contribution in [0.25, 0.3) is 110 Å². The third-order valence-electron chi connectivity index (χ3n) is 21.6. The van der Waals surface area contributed by atoms with Gasteiger partial charge in [-0.05, 0) is 0 Å². The number of benzene rings is 12. The van der Waals surface area contributed by atoms with Gasteiger partial charge in [-0.1, -0.05) is 12.1 Å². The van der Waals surface area contributed by atoms with Gasteiger partial charge >= 0.3 is 577 Å². The molecule has 6 heterocycles. The average molecular weight is 1480 g/mol. The topological polar surface area (TPSA) is 53.9 Å². The van der Waals surface area contributed by atoms with Crippen molar-refractivity contribution >= 4 is 154 Å². The summed E-state index contributed by atoms with van der Waals surface area (Å²) < 4.78 is 15.2. The molecular formula is C90H58N4O2Te2. The first-order valence-electron chi connectivity index (χ1n) is 33.9. The van der Waals surface area contributed by atoms with Crippen molar-refractivity contribution in [3.05, 3.63) is 347 Å².